The Balaban J connectivity index is 1.92. The van der Waals surface area contributed by atoms with Crippen LogP contribution in [0.25, 0.3) is 5.65 Å². The fraction of sp³-hybridized carbons (Fsp3) is 0.583. The minimum Gasteiger partial charge on any atom is -0.353 e. The van der Waals surface area contributed by atoms with Crippen LogP contribution < -0.4 is 4.90 Å². The molecule has 0 amide bonds. The summed E-state index contributed by atoms with van der Waals surface area (Å²) in [5.41, 5.74) is 0.824. The molecule has 0 unspecified atom stereocenters. The zero-order valence-corrected chi connectivity index (χ0v) is 10.9. The van der Waals surface area contributed by atoms with Crippen LogP contribution in [0.15, 0.2) is 12.1 Å². The van der Waals surface area contributed by atoms with Gasteiger partial charge in [-0.25, -0.2) is 0 Å². The number of fused-ring (bicyclic) bond motifs is 1. The number of rotatable bonds is 2. The van der Waals surface area contributed by atoms with E-state index in [1.165, 1.54) is 0 Å². The Bertz CT molecular complexity index is 540. The summed E-state index contributed by atoms with van der Waals surface area (Å²) in [5, 5.41) is 12.9. The van der Waals surface area contributed by atoms with Gasteiger partial charge in [0.15, 0.2) is 11.5 Å². The van der Waals surface area contributed by atoms with E-state index < -0.39 is 0 Å². The summed E-state index contributed by atoms with van der Waals surface area (Å²) in [4.78, 5) is 4.66. The molecule has 6 heteroatoms. The van der Waals surface area contributed by atoms with Crippen molar-refractivity contribution >= 4 is 11.5 Å². The Morgan fingerprint density at radius 3 is 2.61 bits per heavy atom. The first-order valence-corrected chi connectivity index (χ1v) is 6.43. The molecule has 2 aromatic heterocycles. The number of hydrogen-bond donors (Lipinski definition) is 0. The highest BCUT2D eigenvalue weighted by Crippen LogP contribution is 2.14. The van der Waals surface area contributed by atoms with Crippen molar-refractivity contribution in [2.45, 2.75) is 13.3 Å². The van der Waals surface area contributed by atoms with Crippen molar-refractivity contribution in [3.8, 4) is 0 Å². The Morgan fingerprint density at radius 1 is 1.11 bits per heavy atom. The van der Waals surface area contributed by atoms with Gasteiger partial charge in [0.1, 0.15) is 5.82 Å². The topological polar surface area (TPSA) is 49.6 Å². The molecule has 0 aromatic carbocycles. The predicted octanol–water partition coefficient (Wildman–Crippen LogP) is 0.438. The van der Waals surface area contributed by atoms with Crippen molar-refractivity contribution in [1.82, 2.24) is 24.7 Å². The Kier molecular flexibility index (Phi) is 2.87. The van der Waals surface area contributed by atoms with Crippen LogP contribution in [0.5, 0.6) is 0 Å². The Labute approximate surface area is 106 Å². The molecule has 1 fully saturated rings. The maximum absolute atomic E-state index is 4.65. The van der Waals surface area contributed by atoms with Gasteiger partial charge in [-0.2, -0.15) is 4.52 Å². The molecule has 0 spiro atoms. The molecule has 18 heavy (non-hydrogen) atoms. The molecule has 96 valence electrons. The van der Waals surface area contributed by atoms with Crippen LogP contribution in [0.3, 0.4) is 0 Å². The van der Waals surface area contributed by atoms with E-state index in [-0.39, 0.29) is 0 Å². The minimum atomic E-state index is 0.824. The first-order chi connectivity index (χ1) is 8.78. The van der Waals surface area contributed by atoms with Crippen LogP contribution >= 0.6 is 0 Å². The van der Waals surface area contributed by atoms with Gasteiger partial charge in [-0.1, -0.05) is 6.92 Å². The van der Waals surface area contributed by atoms with Gasteiger partial charge in [0.25, 0.3) is 0 Å². The molecule has 0 saturated carbocycles. The Morgan fingerprint density at radius 2 is 1.89 bits per heavy atom. The molecule has 6 nitrogen and oxygen atoms in total. The summed E-state index contributed by atoms with van der Waals surface area (Å²) in [6.07, 6.45) is 0.848. The van der Waals surface area contributed by atoms with Gasteiger partial charge in [0.2, 0.25) is 0 Å². The van der Waals surface area contributed by atoms with Crippen LogP contribution in [0.4, 0.5) is 5.82 Å². The largest absolute Gasteiger partial charge is 0.353 e. The van der Waals surface area contributed by atoms with Crippen molar-refractivity contribution in [3.63, 3.8) is 0 Å². The molecule has 0 N–H and O–H groups in total. The van der Waals surface area contributed by atoms with Gasteiger partial charge >= 0.3 is 0 Å². The maximum Gasteiger partial charge on any atom is 0.178 e. The van der Waals surface area contributed by atoms with Gasteiger partial charge in [0.05, 0.1) is 0 Å². The summed E-state index contributed by atoms with van der Waals surface area (Å²) in [6.45, 7) is 6.29. The number of piperazine rings is 1. The fourth-order valence-corrected chi connectivity index (χ4v) is 2.25. The normalized spacial score (nSPS) is 17.6. The second-order valence-corrected chi connectivity index (χ2v) is 4.72. The van der Waals surface area contributed by atoms with E-state index in [1.54, 1.807) is 0 Å². The van der Waals surface area contributed by atoms with Crippen LogP contribution in [0, 0.1) is 0 Å². The number of nitrogens with zero attached hydrogens (tertiary/aromatic N) is 6. The summed E-state index contributed by atoms with van der Waals surface area (Å²) in [6, 6.07) is 4.03. The van der Waals surface area contributed by atoms with Crippen molar-refractivity contribution < 1.29 is 0 Å². The molecular formula is C12H18N6. The molecule has 0 radical (unpaired) electrons. The molecular weight excluding hydrogens is 228 g/mol. The lowest BCUT2D eigenvalue weighted by Gasteiger charge is -2.33. The molecule has 2 aromatic rings. The third-order valence-electron chi connectivity index (χ3n) is 3.46. The highest BCUT2D eigenvalue weighted by atomic mass is 15.4. The van der Waals surface area contributed by atoms with Crippen molar-refractivity contribution in [2.24, 2.45) is 0 Å². The van der Waals surface area contributed by atoms with E-state index in [0.29, 0.717) is 0 Å². The monoisotopic (exact) mass is 246 g/mol. The first-order valence-electron chi connectivity index (χ1n) is 6.43. The molecule has 1 saturated heterocycles. The van der Waals surface area contributed by atoms with E-state index >= 15 is 0 Å². The number of likely N-dealkylation sites (N-methyl/N-ethyl adjacent to an activating group) is 1. The smallest absolute Gasteiger partial charge is 0.178 e. The maximum atomic E-state index is 4.65. The second kappa shape index (κ2) is 4.53. The molecule has 1 aliphatic heterocycles. The number of aryl methyl sites for hydroxylation is 1. The highest BCUT2D eigenvalue weighted by molar-refractivity contribution is 5.46. The average Bonchev–Trinajstić information content (AvgIpc) is 2.81. The summed E-state index contributed by atoms with van der Waals surface area (Å²) in [7, 11) is 2.16. The molecule has 1 aliphatic rings. The number of aromatic nitrogens is 4. The molecule has 3 heterocycles. The van der Waals surface area contributed by atoms with Gasteiger partial charge in [0, 0.05) is 32.6 Å². The van der Waals surface area contributed by atoms with Gasteiger partial charge < -0.3 is 9.80 Å². The lowest BCUT2D eigenvalue weighted by Crippen LogP contribution is -2.44. The molecule has 3 rings (SSSR count). The van der Waals surface area contributed by atoms with E-state index in [4.69, 9.17) is 0 Å². The number of hydrogen-bond acceptors (Lipinski definition) is 5. The van der Waals surface area contributed by atoms with Crippen molar-refractivity contribution in [3.05, 3.63) is 18.0 Å². The standard InChI is InChI=1S/C12H18N6/c1-3-10-13-14-11-4-5-12(15-18(10)11)17-8-6-16(2)7-9-17/h4-5H,3,6-9H2,1-2H3. The van der Waals surface area contributed by atoms with Crippen LogP contribution in [-0.4, -0.2) is 57.9 Å². The van der Waals surface area contributed by atoms with E-state index in [0.717, 1.165) is 49.9 Å². The summed E-state index contributed by atoms with van der Waals surface area (Å²) in [5.74, 6) is 1.94. The molecule has 0 atom stereocenters. The fourth-order valence-electron chi connectivity index (χ4n) is 2.25. The van der Waals surface area contributed by atoms with Crippen LogP contribution in [0.1, 0.15) is 12.7 Å². The average molecular weight is 246 g/mol. The second-order valence-electron chi connectivity index (χ2n) is 4.72. The minimum absolute atomic E-state index is 0.824. The van der Waals surface area contributed by atoms with Crippen molar-refractivity contribution in [1.29, 1.82) is 0 Å². The van der Waals surface area contributed by atoms with Gasteiger partial charge in [-0.3, -0.25) is 0 Å². The summed E-state index contributed by atoms with van der Waals surface area (Å²) >= 11 is 0. The zero-order valence-electron chi connectivity index (χ0n) is 10.9. The Hall–Kier alpha value is -1.69. The predicted molar refractivity (Wildman–Crippen MR) is 69.9 cm³/mol. The third kappa shape index (κ3) is 1.92. The molecule has 0 aliphatic carbocycles. The molecule has 0 bridgehead atoms. The van der Waals surface area contributed by atoms with Crippen molar-refractivity contribution in [2.75, 3.05) is 38.1 Å². The van der Waals surface area contributed by atoms with Gasteiger partial charge in [-0.15, -0.1) is 15.3 Å². The van der Waals surface area contributed by atoms with Crippen LogP contribution in [0.2, 0.25) is 0 Å². The highest BCUT2D eigenvalue weighted by Gasteiger charge is 2.16. The lowest BCUT2D eigenvalue weighted by atomic mass is 10.3. The lowest BCUT2D eigenvalue weighted by molar-refractivity contribution is 0.311. The third-order valence-corrected chi connectivity index (χ3v) is 3.46. The quantitative estimate of drug-likeness (QED) is 0.769. The SMILES string of the molecule is CCc1nnc2ccc(N3CCN(C)CC3)nn12. The number of anilines is 1. The van der Waals surface area contributed by atoms with E-state index in [9.17, 15) is 0 Å². The zero-order chi connectivity index (χ0) is 12.5. The van der Waals surface area contributed by atoms with Gasteiger partial charge in [-0.05, 0) is 19.2 Å². The summed E-state index contributed by atoms with van der Waals surface area (Å²) < 4.78 is 1.85. The van der Waals surface area contributed by atoms with E-state index in [1.807, 2.05) is 16.6 Å². The van der Waals surface area contributed by atoms with E-state index in [2.05, 4.69) is 39.1 Å². The first kappa shape index (κ1) is 11.4. The van der Waals surface area contributed by atoms with Crippen LogP contribution in [-0.2, 0) is 6.42 Å².